The summed E-state index contributed by atoms with van der Waals surface area (Å²) in [6, 6.07) is 5.29. The Morgan fingerprint density at radius 2 is 2.05 bits per heavy atom. The van der Waals surface area contributed by atoms with Crippen molar-refractivity contribution in [1.29, 1.82) is 0 Å². The molecule has 0 spiro atoms. The summed E-state index contributed by atoms with van der Waals surface area (Å²) in [5.41, 5.74) is -0.0575. The van der Waals surface area contributed by atoms with Crippen LogP contribution in [0.1, 0.15) is 24.2 Å². The molecule has 0 saturated carbocycles. The van der Waals surface area contributed by atoms with E-state index in [1.54, 1.807) is 0 Å². The lowest BCUT2D eigenvalue weighted by Crippen LogP contribution is -2.31. The number of aromatic carboxylic acids is 1. The summed E-state index contributed by atoms with van der Waals surface area (Å²) in [5, 5.41) is 8.89. The van der Waals surface area contributed by atoms with E-state index in [2.05, 4.69) is 0 Å². The molecule has 0 bridgehead atoms. The molecule has 0 amide bonds. The molecule has 1 aromatic carbocycles. The number of ether oxygens (including phenoxy) is 1. The van der Waals surface area contributed by atoms with Gasteiger partial charge in [-0.3, -0.25) is 0 Å². The van der Waals surface area contributed by atoms with Gasteiger partial charge in [0.15, 0.2) is 0 Å². The van der Waals surface area contributed by atoms with Crippen LogP contribution in [-0.2, 0) is 14.8 Å². The fourth-order valence-corrected chi connectivity index (χ4v) is 2.71. The molecule has 0 radical (unpaired) electrons. The van der Waals surface area contributed by atoms with Crippen LogP contribution >= 0.6 is 0 Å². The molecule has 0 unspecified atom stereocenters. The number of hydrogen-bond donors (Lipinski definition) is 1. The molecule has 0 saturated heterocycles. The van der Waals surface area contributed by atoms with Crippen LogP contribution in [0.15, 0.2) is 29.2 Å². The largest absolute Gasteiger partial charge is 0.478 e. The Balaban J connectivity index is 2.87. The minimum Gasteiger partial charge on any atom is -0.478 e. The van der Waals surface area contributed by atoms with Gasteiger partial charge < -0.3 is 9.84 Å². The first-order chi connectivity index (χ1) is 9.25. The molecule has 0 aromatic heterocycles. The summed E-state index contributed by atoms with van der Waals surface area (Å²) >= 11 is 0. The molecule has 1 aromatic rings. The van der Waals surface area contributed by atoms with Crippen molar-refractivity contribution >= 4 is 16.0 Å². The van der Waals surface area contributed by atoms with Crippen molar-refractivity contribution in [3.05, 3.63) is 29.8 Å². The molecule has 1 rings (SSSR count). The highest BCUT2D eigenvalue weighted by Gasteiger charge is 2.21. The quantitative estimate of drug-likeness (QED) is 0.823. The van der Waals surface area contributed by atoms with Gasteiger partial charge >= 0.3 is 5.97 Å². The zero-order valence-corrected chi connectivity index (χ0v) is 12.6. The molecule has 0 aliphatic heterocycles. The van der Waals surface area contributed by atoms with E-state index < -0.39 is 16.0 Å². The molecule has 6 nitrogen and oxygen atoms in total. The predicted molar refractivity (Wildman–Crippen MR) is 74.3 cm³/mol. The molecular formula is C13H19NO5S. The Hall–Kier alpha value is -1.44. The molecule has 20 heavy (non-hydrogen) atoms. The number of benzene rings is 1. The van der Waals surface area contributed by atoms with Gasteiger partial charge in [0.25, 0.3) is 0 Å². The fraction of sp³-hybridized carbons (Fsp3) is 0.462. The van der Waals surface area contributed by atoms with Gasteiger partial charge in [0.05, 0.1) is 23.2 Å². The van der Waals surface area contributed by atoms with Crippen LogP contribution in [0.25, 0.3) is 0 Å². The Bertz CT molecular complexity index is 568. The number of carbonyl (C=O) groups is 1. The minimum atomic E-state index is -3.70. The summed E-state index contributed by atoms with van der Waals surface area (Å²) in [6.45, 7) is 4.22. The Morgan fingerprint density at radius 3 is 2.60 bits per heavy atom. The van der Waals surface area contributed by atoms with Crippen molar-refractivity contribution in [2.45, 2.75) is 24.8 Å². The van der Waals surface area contributed by atoms with Gasteiger partial charge in [0, 0.05) is 13.6 Å². The average Bonchev–Trinajstić information content (AvgIpc) is 2.38. The average molecular weight is 301 g/mol. The summed E-state index contributed by atoms with van der Waals surface area (Å²) in [6.07, 6.45) is 0.0291. The van der Waals surface area contributed by atoms with E-state index in [4.69, 9.17) is 9.84 Å². The molecule has 7 heteroatoms. The molecule has 1 N–H and O–H groups in total. The maximum Gasteiger partial charge on any atom is 0.335 e. The maximum atomic E-state index is 12.3. The van der Waals surface area contributed by atoms with Crippen LogP contribution in [0, 0.1) is 0 Å². The number of hydrogen-bond acceptors (Lipinski definition) is 4. The number of nitrogens with zero attached hydrogens (tertiary/aromatic N) is 1. The van der Waals surface area contributed by atoms with Crippen molar-refractivity contribution in [3.8, 4) is 0 Å². The zero-order valence-electron chi connectivity index (χ0n) is 11.7. The Labute approximate surface area is 119 Å². The molecular weight excluding hydrogens is 282 g/mol. The molecule has 112 valence electrons. The predicted octanol–water partition coefficient (Wildman–Crippen LogP) is 1.43. The third kappa shape index (κ3) is 4.29. The van der Waals surface area contributed by atoms with Crippen LogP contribution in [-0.4, -0.2) is 50.1 Å². The highest BCUT2D eigenvalue weighted by atomic mass is 32.2. The normalized spacial score (nSPS) is 12.1. The second-order valence-electron chi connectivity index (χ2n) is 4.58. The van der Waals surface area contributed by atoms with Crippen molar-refractivity contribution in [3.63, 3.8) is 0 Å². The first-order valence-electron chi connectivity index (χ1n) is 6.16. The monoisotopic (exact) mass is 301 g/mol. The second kappa shape index (κ2) is 6.83. The highest BCUT2D eigenvalue weighted by molar-refractivity contribution is 7.89. The smallest absolute Gasteiger partial charge is 0.335 e. The molecule has 0 aliphatic carbocycles. The van der Waals surface area contributed by atoms with Crippen molar-refractivity contribution in [1.82, 2.24) is 4.31 Å². The SMILES string of the molecule is CC(C)OCCN(C)S(=O)(=O)c1cccc(C(=O)O)c1. The van der Waals surface area contributed by atoms with E-state index in [0.29, 0.717) is 0 Å². The van der Waals surface area contributed by atoms with Crippen LogP contribution < -0.4 is 0 Å². The van der Waals surface area contributed by atoms with E-state index in [1.165, 1.54) is 25.2 Å². The third-order valence-electron chi connectivity index (χ3n) is 2.65. The van der Waals surface area contributed by atoms with Crippen molar-refractivity contribution in [2.75, 3.05) is 20.2 Å². The van der Waals surface area contributed by atoms with E-state index in [-0.39, 0.29) is 29.7 Å². The molecule has 0 atom stereocenters. The lowest BCUT2D eigenvalue weighted by molar-refractivity contribution is 0.0695. The number of carboxylic acid groups (broad SMARTS) is 1. The van der Waals surface area contributed by atoms with Gasteiger partial charge in [-0.25, -0.2) is 13.2 Å². The van der Waals surface area contributed by atoms with Crippen LogP contribution in [0.3, 0.4) is 0 Å². The van der Waals surface area contributed by atoms with Gasteiger partial charge in [0.2, 0.25) is 10.0 Å². The first kappa shape index (κ1) is 16.6. The maximum absolute atomic E-state index is 12.3. The summed E-state index contributed by atoms with van der Waals surface area (Å²) in [4.78, 5) is 10.8. The van der Waals surface area contributed by atoms with E-state index in [1.807, 2.05) is 13.8 Å². The number of likely N-dealkylation sites (N-methyl/N-ethyl adjacent to an activating group) is 1. The van der Waals surface area contributed by atoms with E-state index in [0.717, 1.165) is 10.4 Å². The molecule has 0 heterocycles. The lowest BCUT2D eigenvalue weighted by Gasteiger charge is -2.18. The first-order valence-corrected chi connectivity index (χ1v) is 7.60. The standard InChI is InChI=1S/C13H19NO5S/c1-10(2)19-8-7-14(3)20(17,18)12-6-4-5-11(9-12)13(15)16/h4-6,9-10H,7-8H2,1-3H3,(H,15,16). The topological polar surface area (TPSA) is 83.9 Å². The van der Waals surface area contributed by atoms with Gasteiger partial charge in [-0.2, -0.15) is 4.31 Å². The molecule has 0 fully saturated rings. The number of sulfonamides is 1. The van der Waals surface area contributed by atoms with Crippen LogP contribution in [0.2, 0.25) is 0 Å². The number of rotatable bonds is 7. The van der Waals surface area contributed by atoms with E-state index >= 15 is 0 Å². The van der Waals surface area contributed by atoms with Crippen molar-refractivity contribution < 1.29 is 23.1 Å². The highest BCUT2D eigenvalue weighted by Crippen LogP contribution is 2.16. The Morgan fingerprint density at radius 1 is 1.40 bits per heavy atom. The van der Waals surface area contributed by atoms with Gasteiger partial charge in [-0.05, 0) is 32.0 Å². The second-order valence-corrected chi connectivity index (χ2v) is 6.62. The Kier molecular flexibility index (Phi) is 5.67. The van der Waals surface area contributed by atoms with Crippen molar-refractivity contribution in [2.24, 2.45) is 0 Å². The lowest BCUT2D eigenvalue weighted by atomic mass is 10.2. The summed E-state index contributed by atoms with van der Waals surface area (Å²) in [7, 11) is -2.27. The van der Waals surface area contributed by atoms with Gasteiger partial charge in [-0.15, -0.1) is 0 Å². The molecule has 0 aliphatic rings. The van der Waals surface area contributed by atoms with Crippen LogP contribution in [0.4, 0.5) is 0 Å². The van der Waals surface area contributed by atoms with E-state index in [9.17, 15) is 13.2 Å². The van der Waals surface area contributed by atoms with Gasteiger partial charge in [0.1, 0.15) is 0 Å². The van der Waals surface area contributed by atoms with Gasteiger partial charge in [-0.1, -0.05) is 6.07 Å². The van der Waals surface area contributed by atoms with Crippen LogP contribution in [0.5, 0.6) is 0 Å². The fourth-order valence-electron chi connectivity index (χ4n) is 1.51. The third-order valence-corrected chi connectivity index (χ3v) is 4.50. The summed E-state index contributed by atoms with van der Waals surface area (Å²) in [5.74, 6) is -1.16. The zero-order chi connectivity index (χ0) is 15.3. The minimum absolute atomic E-state index is 0.0291. The summed E-state index contributed by atoms with van der Waals surface area (Å²) < 4.78 is 31.0. The number of carboxylic acids is 1.